The van der Waals surface area contributed by atoms with Crippen LogP contribution in [0.25, 0.3) is 0 Å². The van der Waals surface area contributed by atoms with Crippen LogP contribution in [0.5, 0.6) is 11.5 Å². The molecular weight excluding hydrogens is 440 g/mol. The molecule has 0 fully saturated rings. The summed E-state index contributed by atoms with van der Waals surface area (Å²) in [6, 6.07) is 13.0. The molecule has 0 radical (unpaired) electrons. The number of rotatable bonds is 9. The van der Waals surface area contributed by atoms with Crippen molar-refractivity contribution < 1.29 is 14.3 Å². The second-order valence-electron chi connectivity index (χ2n) is 8.66. The van der Waals surface area contributed by atoms with E-state index in [1.165, 1.54) is 11.8 Å². The van der Waals surface area contributed by atoms with Gasteiger partial charge in [-0.05, 0) is 79.6 Å². The fourth-order valence-electron chi connectivity index (χ4n) is 3.71. The maximum absolute atomic E-state index is 12.6. The molecule has 3 rings (SSSR count). The Bertz CT molecular complexity index is 1210. The van der Waals surface area contributed by atoms with Gasteiger partial charge in [-0.25, -0.2) is 4.79 Å². The number of unbranched alkanes of at least 4 members (excludes halogenated alkanes) is 1. The topological polar surface area (TPSA) is 92.3 Å². The molecule has 0 atom stereocenters. The van der Waals surface area contributed by atoms with Crippen molar-refractivity contribution in [2.75, 3.05) is 12.4 Å². The molecule has 0 spiro atoms. The fourth-order valence-corrected chi connectivity index (χ4v) is 3.71. The average molecular weight is 475 g/mol. The number of pyridine rings is 1. The summed E-state index contributed by atoms with van der Waals surface area (Å²) in [4.78, 5) is 28.5. The summed E-state index contributed by atoms with van der Waals surface area (Å²) in [6.45, 7) is 8.64. The van der Waals surface area contributed by atoms with E-state index in [9.17, 15) is 9.59 Å². The molecule has 0 aliphatic rings. The van der Waals surface area contributed by atoms with Crippen molar-refractivity contribution in [3.05, 3.63) is 82.2 Å². The minimum atomic E-state index is -0.273. The van der Waals surface area contributed by atoms with E-state index in [2.05, 4.69) is 47.8 Å². The lowest BCUT2D eigenvalue weighted by molar-refractivity contribution is 0.0958. The van der Waals surface area contributed by atoms with Gasteiger partial charge in [-0.3, -0.25) is 9.78 Å². The van der Waals surface area contributed by atoms with Gasteiger partial charge in [0.2, 0.25) is 0 Å². The number of benzene rings is 2. The molecule has 3 N–H and O–H groups in total. The zero-order chi connectivity index (χ0) is 25.4. The van der Waals surface area contributed by atoms with E-state index >= 15 is 0 Å². The highest BCUT2D eigenvalue weighted by Gasteiger charge is 2.11. The number of urea groups is 1. The monoisotopic (exact) mass is 474 g/mol. The summed E-state index contributed by atoms with van der Waals surface area (Å²) < 4.78 is 5.95. The van der Waals surface area contributed by atoms with Crippen molar-refractivity contribution in [1.29, 1.82) is 0 Å². The lowest BCUT2D eigenvalue weighted by Crippen LogP contribution is -2.28. The number of hydrogen-bond donors (Lipinski definition) is 3. The minimum absolute atomic E-state index is 0.234. The van der Waals surface area contributed by atoms with E-state index in [-0.39, 0.29) is 17.6 Å². The first-order valence-electron chi connectivity index (χ1n) is 11.9. The summed E-state index contributed by atoms with van der Waals surface area (Å²) in [7, 11) is 1.56. The van der Waals surface area contributed by atoms with Crippen LogP contribution in [0.15, 0.2) is 48.7 Å². The summed E-state index contributed by atoms with van der Waals surface area (Å²) in [5, 5.41) is 8.52. The average Bonchev–Trinajstić information content (AvgIpc) is 2.85. The van der Waals surface area contributed by atoms with Crippen LogP contribution >= 0.6 is 0 Å². The van der Waals surface area contributed by atoms with Gasteiger partial charge in [-0.1, -0.05) is 31.5 Å². The molecule has 3 aromatic rings. The highest BCUT2D eigenvalue weighted by molar-refractivity contribution is 5.92. The number of ether oxygens (including phenoxy) is 1. The normalized spacial score (nSPS) is 10.5. The third-order valence-corrected chi connectivity index (χ3v) is 5.88. The highest BCUT2D eigenvalue weighted by atomic mass is 16.5. The third kappa shape index (κ3) is 7.06. The van der Waals surface area contributed by atoms with Gasteiger partial charge in [0.15, 0.2) is 0 Å². The van der Waals surface area contributed by atoms with Crippen LogP contribution in [-0.2, 0) is 13.0 Å². The van der Waals surface area contributed by atoms with E-state index in [1.807, 2.05) is 31.2 Å². The van der Waals surface area contributed by atoms with Crippen molar-refractivity contribution >= 4 is 17.6 Å². The molecular formula is C28H34N4O3. The zero-order valence-electron chi connectivity index (χ0n) is 21.1. The van der Waals surface area contributed by atoms with Crippen LogP contribution in [0, 0.1) is 20.8 Å². The smallest absolute Gasteiger partial charge is 0.319 e. The summed E-state index contributed by atoms with van der Waals surface area (Å²) in [5.74, 6) is 0.923. The molecule has 35 heavy (non-hydrogen) atoms. The van der Waals surface area contributed by atoms with E-state index in [1.54, 1.807) is 19.2 Å². The molecule has 0 saturated carbocycles. The van der Waals surface area contributed by atoms with Gasteiger partial charge >= 0.3 is 6.03 Å². The lowest BCUT2D eigenvalue weighted by Gasteiger charge is -2.15. The predicted molar refractivity (Wildman–Crippen MR) is 139 cm³/mol. The van der Waals surface area contributed by atoms with Crippen LogP contribution in [0.3, 0.4) is 0 Å². The number of aryl methyl sites for hydroxylation is 4. The summed E-state index contributed by atoms with van der Waals surface area (Å²) in [5.41, 5.74) is 6.58. The molecule has 7 heteroatoms. The largest absolute Gasteiger partial charge is 0.457 e. The van der Waals surface area contributed by atoms with Gasteiger partial charge in [0.1, 0.15) is 17.2 Å². The van der Waals surface area contributed by atoms with Crippen LogP contribution in [-0.4, -0.2) is 24.0 Å². The van der Waals surface area contributed by atoms with Crippen molar-refractivity contribution in [1.82, 2.24) is 15.6 Å². The van der Waals surface area contributed by atoms with Crippen molar-refractivity contribution in [2.45, 2.75) is 53.5 Å². The van der Waals surface area contributed by atoms with Crippen molar-refractivity contribution in [3.63, 3.8) is 0 Å². The molecule has 184 valence electrons. The lowest BCUT2D eigenvalue weighted by atomic mass is 10.00. The number of aromatic nitrogens is 1. The van der Waals surface area contributed by atoms with Gasteiger partial charge in [0.25, 0.3) is 5.91 Å². The number of carbonyl (C=O) groups excluding carboxylic acids is 2. The first-order valence-corrected chi connectivity index (χ1v) is 11.9. The predicted octanol–water partition coefficient (Wildman–Crippen LogP) is 5.82. The fraction of sp³-hybridized carbons (Fsp3) is 0.321. The van der Waals surface area contributed by atoms with Crippen LogP contribution < -0.4 is 20.7 Å². The molecule has 7 nitrogen and oxygen atoms in total. The van der Waals surface area contributed by atoms with Gasteiger partial charge in [0, 0.05) is 31.5 Å². The maximum atomic E-state index is 12.6. The Morgan fingerprint density at radius 1 is 0.971 bits per heavy atom. The molecule has 3 amide bonds. The Morgan fingerprint density at radius 3 is 2.46 bits per heavy atom. The first-order chi connectivity index (χ1) is 16.8. The molecule has 0 saturated heterocycles. The first kappa shape index (κ1) is 25.7. The SMILES string of the molecule is CCCCc1cc(C)c(C)cc1NC(=O)NCc1ccc(Oc2ccnc(C(=O)NC)c2)c(C)c1. The van der Waals surface area contributed by atoms with Gasteiger partial charge in [-0.15, -0.1) is 0 Å². The standard InChI is InChI=1S/C28H34N4O3/c1-6-7-8-22-14-18(2)19(3)15-24(22)32-28(34)31-17-21-9-10-26(20(4)13-21)35-23-11-12-30-25(16-23)27(33)29-5/h9-16H,6-8,17H2,1-5H3,(H,29,33)(H2,31,32,34). The molecule has 1 aromatic heterocycles. The van der Waals surface area contributed by atoms with E-state index in [0.717, 1.165) is 47.2 Å². The molecule has 0 aliphatic carbocycles. The van der Waals surface area contributed by atoms with Gasteiger partial charge in [-0.2, -0.15) is 0 Å². The van der Waals surface area contributed by atoms with Crippen LogP contribution in [0.4, 0.5) is 10.5 Å². The van der Waals surface area contributed by atoms with Crippen LogP contribution in [0.2, 0.25) is 0 Å². The van der Waals surface area contributed by atoms with Crippen LogP contribution in [0.1, 0.15) is 58.1 Å². The minimum Gasteiger partial charge on any atom is -0.457 e. The number of nitrogens with one attached hydrogen (secondary N) is 3. The second kappa shape index (κ2) is 12.0. The Hall–Kier alpha value is -3.87. The number of carbonyl (C=O) groups is 2. The maximum Gasteiger partial charge on any atom is 0.319 e. The third-order valence-electron chi connectivity index (χ3n) is 5.88. The molecule has 0 bridgehead atoms. The zero-order valence-corrected chi connectivity index (χ0v) is 21.1. The van der Waals surface area contributed by atoms with E-state index < -0.39 is 0 Å². The van der Waals surface area contributed by atoms with Crippen molar-refractivity contribution in [3.8, 4) is 11.5 Å². The Morgan fingerprint density at radius 2 is 1.74 bits per heavy atom. The summed E-state index contributed by atoms with van der Waals surface area (Å²) in [6.07, 6.45) is 4.67. The molecule has 0 unspecified atom stereocenters. The number of amides is 3. The number of anilines is 1. The Labute approximate surface area is 207 Å². The van der Waals surface area contributed by atoms with E-state index in [0.29, 0.717) is 18.0 Å². The Kier molecular flexibility index (Phi) is 8.84. The van der Waals surface area contributed by atoms with Gasteiger partial charge in [0.05, 0.1) is 0 Å². The van der Waals surface area contributed by atoms with Crippen molar-refractivity contribution in [2.24, 2.45) is 0 Å². The molecule has 0 aliphatic heterocycles. The molecule has 1 heterocycles. The number of hydrogen-bond acceptors (Lipinski definition) is 4. The number of nitrogens with zero attached hydrogens (tertiary/aromatic N) is 1. The quantitative estimate of drug-likeness (QED) is 0.364. The Balaban J connectivity index is 1.62. The van der Waals surface area contributed by atoms with E-state index in [4.69, 9.17) is 4.74 Å². The van der Waals surface area contributed by atoms with Gasteiger partial charge < -0.3 is 20.7 Å². The molecule has 2 aromatic carbocycles. The highest BCUT2D eigenvalue weighted by Crippen LogP contribution is 2.26. The summed E-state index contributed by atoms with van der Waals surface area (Å²) >= 11 is 0. The second-order valence-corrected chi connectivity index (χ2v) is 8.66.